The molecule has 0 N–H and O–H groups in total. The zero-order valence-electron chi connectivity index (χ0n) is 14.4. The minimum Gasteiger partial charge on any atom is -0.295 e. The van der Waals surface area contributed by atoms with Crippen LogP contribution in [0.3, 0.4) is 0 Å². The van der Waals surface area contributed by atoms with E-state index in [0.717, 1.165) is 28.1 Å². The molecule has 0 radical (unpaired) electrons. The van der Waals surface area contributed by atoms with E-state index in [1.54, 1.807) is 6.08 Å². The molecule has 0 spiro atoms. The van der Waals surface area contributed by atoms with Gasteiger partial charge in [-0.3, -0.25) is 4.79 Å². The van der Waals surface area contributed by atoms with Gasteiger partial charge in [-0.1, -0.05) is 84.4 Å². The molecule has 3 aromatic carbocycles. The summed E-state index contributed by atoms with van der Waals surface area (Å²) in [5, 5.41) is 0.742. The topological polar surface area (TPSA) is 17.1 Å². The maximum atomic E-state index is 12.3. The molecule has 0 aliphatic heterocycles. The molecule has 0 heterocycles. The molecule has 128 valence electrons. The number of benzene rings is 3. The zero-order valence-corrected chi connectivity index (χ0v) is 15.1. The lowest BCUT2D eigenvalue weighted by molar-refractivity contribution is -0.115. The molecule has 1 atom stereocenters. The van der Waals surface area contributed by atoms with E-state index in [9.17, 15) is 4.79 Å². The molecule has 0 saturated heterocycles. The fraction of sp³-hybridized carbons (Fsp3) is 0.125. The van der Waals surface area contributed by atoms with Crippen molar-refractivity contribution in [2.75, 3.05) is 0 Å². The second-order valence-corrected chi connectivity index (χ2v) is 7.11. The summed E-state index contributed by atoms with van der Waals surface area (Å²) in [4.78, 5) is 12.3. The van der Waals surface area contributed by atoms with Gasteiger partial charge in [-0.15, -0.1) is 0 Å². The Morgan fingerprint density at radius 1 is 0.692 bits per heavy atom. The Balaban J connectivity index is 1.61. The molecule has 2 heteroatoms. The molecule has 26 heavy (non-hydrogen) atoms. The van der Waals surface area contributed by atoms with Gasteiger partial charge in [0.1, 0.15) is 0 Å². The Labute approximate surface area is 159 Å². The minimum absolute atomic E-state index is 0.144. The third-order valence-electron chi connectivity index (χ3n) is 4.96. The normalized spacial score (nSPS) is 17.0. The van der Waals surface area contributed by atoms with E-state index in [0.29, 0.717) is 6.42 Å². The first-order chi connectivity index (χ1) is 12.7. The molecular formula is C24H19ClO. The van der Waals surface area contributed by atoms with Crippen molar-refractivity contribution < 1.29 is 4.79 Å². The van der Waals surface area contributed by atoms with Crippen molar-refractivity contribution in [2.24, 2.45) is 0 Å². The van der Waals surface area contributed by atoms with Crippen LogP contribution in [-0.4, -0.2) is 5.78 Å². The summed E-state index contributed by atoms with van der Waals surface area (Å²) in [6, 6.07) is 26.6. The largest absolute Gasteiger partial charge is 0.295 e. The van der Waals surface area contributed by atoms with Crippen LogP contribution in [0, 0.1) is 0 Å². The first-order valence-electron chi connectivity index (χ1n) is 8.84. The van der Waals surface area contributed by atoms with E-state index < -0.39 is 0 Å². The summed E-state index contributed by atoms with van der Waals surface area (Å²) >= 11 is 6.36. The zero-order chi connectivity index (χ0) is 17.9. The standard InChI is InChI=1S/C24H19ClO/c25-24-9-5-4-8-23(24)21-14-20(15-22(26)16-21)19-12-10-18(11-13-19)17-6-2-1-3-7-17/h1-13,15,21H,14,16H2. The molecular weight excluding hydrogens is 340 g/mol. The summed E-state index contributed by atoms with van der Waals surface area (Å²) in [6.45, 7) is 0. The third kappa shape index (κ3) is 3.49. The van der Waals surface area contributed by atoms with Crippen LogP contribution in [0.2, 0.25) is 5.02 Å². The second kappa shape index (κ2) is 7.31. The van der Waals surface area contributed by atoms with Crippen molar-refractivity contribution in [3.63, 3.8) is 0 Å². The van der Waals surface area contributed by atoms with Gasteiger partial charge in [0.05, 0.1) is 0 Å². The third-order valence-corrected chi connectivity index (χ3v) is 5.30. The van der Waals surface area contributed by atoms with Crippen molar-refractivity contribution in [2.45, 2.75) is 18.8 Å². The molecule has 4 rings (SSSR count). The Kier molecular flexibility index (Phi) is 4.73. The van der Waals surface area contributed by atoms with Gasteiger partial charge in [-0.25, -0.2) is 0 Å². The second-order valence-electron chi connectivity index (χ2n) is 6.71. The first kappa shape index (κ1) is 16.8. The number of carbonyl (C=O) groups is 1. The fourth-order valence-corrected chi connectivity index (χ4v) is 3.92. The molecule has 0 saturated carbocycles. The van der Waals surface area contributed by atoms with Crippen LogP contribution in [0.5, 0.6) is 0 Å². The van der Waals surface area contributed by atoms with Gasteiger partial charge >= 0.3 is 0 Å². The SMILES string of the molecule is O=C1C=C(c2ccc(-c3ccccc3)cc2)CC(c2ccccc2Cl)C1. The van der Waals surface area contributed by atoms with Gasteiger partial charge in [-0.2, -0.15) is 0 Å². The van der Waals surface area contributed by atoms with Crippen molar-refractivity contribution >= 4 is 23.0 Å². The van der Waals surface area contributed by atoms with Crippen molar-refractivity contribution in [1.82, 2.24) is 0 Å². The van der Waals surface area contributed by atoms with Gasteiger partial charge in [0.2, 0.25) is 0 Å². The lowest BCUT2D eigenvalue weighted by Gasteiger charge is -2.23. The monoisotopic (exact) mass is 358 g/mol. The van der Waals surface area contributed by atoms with Gasteiger partial charge in [0.15, 0.2) is 5.78 Å². The molecule has 0 bridgehead atoms. The highest BCUT2D eigenvalue weighted by atomic mass is 35.5. The molecule has 1 nitrogen and oxygen atoms in total. The summed E-state index contributed by atoms with van der Waals surface area (Å²) in [5.41, 5.74) is 5.64. The Bertz CT molecular complexity index is 955. The smallest absolute Gasteiger partial charge is 0.156 e. The average Bonchev–Trinajstić information content (AvgIpc) is 2.69. The van der Waals surface area contributed by atoms with E-state index in [1.807, 2.05) is 42.5 Å². The maximum Gasteiger partial charge on any atom is 0.156 e. The first-order valence-corrected chi connectivity index (χ1v) is 9.22. The number of allylic oxidation sites excluding steroid dienone is 2. The van der Waals surface area contributed by atoms with Crippen LogP contribution < -0.4 is 0 Å². The summed E-state index contributed by atoms with van der Waals surface area (Å²) in [7, 11) is 0. The molecule has 0 fully saturated rings. The fourth-order valence-electron chi connectivity index (χ4n) is 3.63. The van der Waals surface area contributed by atoms with E-state index in [1.165, 1.54) is 11.1 Å². The van der Waals surface area contributed by atoms with Crippen molar-refractivity contribution in [3.8, 4) is 11.1 Å². The van der Waals surface area contributed by atoms with Crippen molar-refractivity contribution in [3.05, 3.63) is 101 Å². The highest BCUT2D eigenvalue weighted by molar-refractivity contribution is 6.31. The van der Waals surface area contributed by atoms with Crippen LogP contribution >= 0.6 is 11.6 Å². The molecule has 1 aliphatic rings. The minimum atomic E-state index is 0.144. The number of halogens is 1. The predicted octanol–water partition coefficient (Wildman–Crippen LogP) is 6.54. The Morgan fingerprint density at radius 2 is 1.31 bits per heavy atom. The molecule has 0 aromatic heterocycles. The lowest BCUT2D eigenvalue weighted by Crippen LogP contribution is -2.12. The molecule has 3 aromatic rings. The number of carbonyl (C=O) groups excluding carboxylic acids is 1. The Morgan fingerprint density at radius 3 is 2.04 bits per heavy atom. The maximum absolute atomic E-state index is 12.3. The molecule has 1 unspecified atom stereocenters. The number of hydrogen-bond acceptors (Lipinski definition) is 1. The van der Waals surface area contributed by atoms with Crippen molar-refractivity contribution in [1.29, 1.82) is 0 Å². The van der Waals surface area contributed by atoms with Gasteiger partial charge in [0, 0.05) is 11.4 Å². The average molecular weight is 359 g/mol. The van der Waals surface area contributed by atoms with E-state index in [2.05, 4.69) is 36.4 Å². The highest BCUT2D eigenvalue weighted by Crippen LogP contribution is 2.38. The lowest BCUT2D eigenvalue weighted by atomic mass is 9.81. The van der Waals surface area contributed by atoms with Crippen LogP contribution in [0.15, 0.2) is 84.9 Å². The molecule has 1 aliphatic carbocycles. The summed E-state index contributed by atoms with van der Waals surface area (Å²) in [6.07, 6.45) is 3.15. The van der Waals surface area contributed by atoms with Crippen LogP contribution in [0.25, 0.3) is 16.7 Å². The van der Waals surface area contributed by atoms with E-state index in [4.69, 9.17) is 11.6 Å². The number of rotatable bonds is 3. The number of hydrogen-bond donors (Lipinski definition) is 0. The quantitative estimate of drug-likeness (QED) is 0.519. The van der Waals surface area contributed by atoms with Gasteiger partial charge < -0.3 is 0 Å². The van der Waals surface area contributed by atoms with Gasteiger partial charge in [-0.05, 0) is 52.3 Å². The Hall–Kier alpha value is -2.64. The van der Waals surface area contributed by atoms with Gasteiger partial charge in [0.25, 0.3) is 0 Å². The van der Waals surface area contributed by atoms with E-state index in [-0.39, 0.29) is 11.7 Å². The van der Waals surface area contributed by atoms with Crippen LogP contribution in [0.1, 0.15) is 29.9 Å². The predicted molar refractivity (Wildman–Crippen MR) is 108 cm³/mol. The summed E-state index contributed by atoms with van der Waals surface area (Å²) in [5.74, 6) is 0.313. The van der Waals surface area contributed by atoms with Crippen LogP contribution in [-0.2, 0) is 4.79 Å². The summed E-state index contributed by atoms with van der Waals surface area (Å²) < 4.78 is 0. The molecule has 0 amide bonds. The number of ketones is 1. The highest BCUT2D eigenvalue weighted by Gasteiger charge is 2.24. The van der Waals surface area contributed by atoms with Crippen LogP contribution in [0.4, 0.5) is 0 Å². The van der Waals surface area contributed by atoms with E-state index >= 15 is 0 Å².